The van der Waals surface area contributed by atoms with Gasteiger partial charge in [0.15, 0.2) is 0 Å². The average molecular weight is 363 g/mol. The van der Waals surface area contributed by atoms with Crippen molar-refractivity contribution in [1.29, 1.82) is 0 Å². The summed E-state index contributed by atoms with van der Waals surface area (Å²) in [6.45, 7) is -0.467. The lowest BCUT2D eigenvalue weighted by Crippen LogP contribution is -2.41. The molecule has 0 aliphatic rings. The number of non-ortho nitro benzene ring substituents is 1. The Morgan fingerprint density at radius 1 is 1.08 bits per heavy atom. The second-order valence-electron chi connectivity index (χ2n) is 5.33. The molecule has 0 heterocycles. The third-order valence-electron chi connectivity index (χ3n) is 3.53. The smallest absolute Gasteiger partial charge is 0.271 e. The Bertz CT molecular complexity index is 884. The van der Waals surface area contributed by atoms with Crippen molar-refractivity contribution in [2.45, 2.75) is 0 Å². The molecule has 1 amide bonds. The molecule has 0 spiro atoms. The van der Waals surface area contributed by atoms with Gasteiger partial charge in [-0.05, 0) is 18.2 Å². The Morgan fingerprint density at radius 3 is 2.24 bits per heavy atom. The van der Waals surface area contributed by atoms with Crippen molar-refractivity contribution in [2.75, 3.05) is 29.1 Å². The zero-order valence-electron chi connectivity index (χ0n) is 13.7. The summed E-state index contributed by atoms with van der Waals surface area (Å²) < 4.78 is 25.0. The van der Waals surface area contributed by atoms with E-state index in [1.807, 2.05) is 0 Å². The maximum Gasteiger partial charge on any atom is 0.271 e. The zero-order chi connectivity index (χ0) is 18.6. The van der Waals surface area contributed by atoms with Crippen molar-refractivity contribution in [3.8, 4) is 0 Å². The van der Waals surface area contributed by atoms with Crippen molar-refractivity contribution in [1.82, 2.24) is 0 Å². The van der Waals surface area contributed by atoms with Gasteiger partial charge in [0.25, 0.3) is 5.69 Å². The zero-order valence-corrected chi connectivity index (χ0v) is 14.5. The molecule has 0 aliphatic carbocycles. The van der Waals surface area contributed by atoms with Crippen LogP contribution in [0.5, 0.6) is 0 Å². The van der Waals surface area contributed by atoms with Gasteiger partial charge in [0.1, 0.15) is 6.54 Å². The highest BCUT2D eigenvalue weighted by atomic mass is 32.2. The van der Waals surface area contributed by atoms with Crippen LogP contribution in [0.15, 0.2) is 54.6 Å². The van der Waals surface area contributed by atoms with Gasteiger partial charge in [-0.3, -0.25) is 19.2 Å². The summed E-state index contributed by atoms with van der Waals surface area (Å²) in [6.07, 6.45) is 0.946. The number of sulfonamides is 1. The Hall–Kier alpha value is -2.94. The molecule has 0 aromatic heterocycles. The van der Waals surface area contributed by atoms with Crippen LogP contribution in [0.25, 0.3) is 0 Å². The molecule has 0 bridgehead atoms. The van der Waals surface area contributed by atoms with Crippen molar-refractivity contribution in [3.63, 3.8) is 0 Å². The molecule has 0 radical (unpaired) electrons. The fourth-order valence-corrected chi connectivity index (χ4v) is 3.03. The van der Waals surface area contributed by atoms with Gasteiger partial charge in [0.05, 0.1) is 16.9 Å². The lowest BCUT2D eigenvalue weighted by molar-refractivity contribution is -0.384. The summed E-state index contributed by atoms with van der Waals surface area (Å²) in [4.78, 5) is 24.1. The summed E-state index contributed by atoms with van der Waals surface area (Å²) in [5.74, 6) is -0.469. The standard InChI is InChI=1S/C16H17N3O5S/c1-17(13-7-4-3-5-8-13)16(20)12-18(25(2,23)24)14-9-6-10-15(11-14)19(21)22/h3-11H,12H2,1-2H3. The van der Waals surface area contributed by atoms with Gasteiger partial charge in [-0.2, -0.15) is 0 Å². The van der Waals surface area contributed by atoms with Gasteiger partial charge in [0, 0.05) is 24.9 Å². The average Bonchev–Trinajstić information content (AvgIpc) is 2.58. The predicted molar refractivity (Wildman–Crippen MR) is 95.1 cm³/mol. The summed E-state index contributed by atoms with van der Waals surface area (Å²) in [5.41, 5.74) is 0.418. The number of para-hydroxylation sites is 1. The van der Waals surface area contributed by atoms with Crippen LogP contribution in [-0.4, -0.2) is 39.1 Å². The SMILES string of the molecule is CN(C(=O)CN(c1cccc([N+](=O)[O-])c1)S(C)(=O)=O)c1ccccc1. The van der Waals surface area contributed by atoms with Crippen LogP contribution in [0, 0.1) is 10.1 Å². The topological polar surface area (TPSA) is 101 Å². The fraction of sp³-hybridized carbons (Fsp3) is 0.188. The fourth-order valence-electron chi connectivity index (χ4n) is 2.19. The van der Waals surface area contributed by atoms with E-state index in [1.54, 1.807) is 30.3 Å². The van der Waals surface area contributed by atoms with Gasteiger partial charge < -0.3 is 4.90 Å². The number of carbonyl (C=O) groups is 1. The molecule has 0 aliphatic heterocycles. The number of nitro benzene ring substituents is 1. The van der Waals surface area contributed by atoms with E-state index in [-0.39, 0.29) is 11.4 Å². The van der Waals surface area contributed by atoms with Crippen LogP contribution in [0.2, 0.25) is 0 Å². The van der Waals surface area contributed by atoms with Crippen LogP contribution < -0.4 is 9.21 Å². The minimum absolute atomic E-state index is 0.0616. The number of carbonyl (C=O) groups excluding carboxylic acids is 1. The van der Waals surface area contributed by atoms with Crippen LogP contribution in [0.3, 0.4) is 0 Å². The van der Waals surface area contributed by atoms with Crippen LogP contribution in [-0.2, 0) is 14.8 Å². The van der Waals surface area contributed by atoms with Gasteiger partial charge in [-0.1, -0.05) is 24.3 Å². The van der Waals surface area contributed by atoms with Crippen LogP contribution in [0.1, 0.15) is 0 Å². The number of nitro groups is 1. The molecule has 25 heavy (non-hydrogen) atoms. The van der Waals surface area contributed by atoms with Crippen molar-refractivity contribution in [2.24, 2.45) is 0 Å². The Balaban J connectivity index is 2.32. The molecule has 9 heteroatoms. The first kappa shape index (κ1) is 18.4. The van der Waals surface area contributed by atoms with Crippen molar-refractivity contribution in [3.05, 3.63) is 64.7 Å². The van der Waals surface area contributed by atoms with Crippen molar-refractivity contribution < 1.29 is 18.1 Å². The minimum atomic E-state index is -3.81. The number of hydrogen-bond acceptors (Lipinski definition) is 5. The third-order valence-corrected chi connectivity index (χ3v) is 4.67. The molecule has 0 fully saturated rings. The molecule has 2 rings (SSSR count). The Labute approximate surface area is 145 Å². The van der Waals surface area contributed by atoms with Crippen LogP contribution in [0.4, 0.5) is 17.1 Å². The summed E-state index contributed by atoms with van der Waals surface area (Å²) in [5, 5.41) is 10.9. The van der Waals surface area contributed by atoms with E-state index in [0.717, 1.165) is 16.6 Å². The highest BCUT2D eigenvalue weighted by Gasteiger charge is 2.24. The summed E-state index contributed by atoms with van der Waals surface area (Å²) in [7, 11) is -2.27. The predicted octanol–water partition coefficient (Wildman–Crippen LogP) is 2.02. The minimum Gasteiger partial charge on any atom is -0.314 e. The molecule has 0 N–H and O–H groups in total. The van der Waals surface area contributed by atoms with E-state index in [0.29, 0.717) is 5.69 Å². The summed E-state index contributed by atoms with van der Waals surface area (Å²) in [6, 6.07) is 13.9. The van der Waals surface area contributed by atoms with E-state index in [1.165, 1.54) is 30.1 Å². The van der Waals surface area contributed by atoms with E-state index < -0.39 is 27.4 Å². The second-order valence-corrected chi connectivity index (χ2v) is 7.24. The third kappa shape index (κ3) is 4.54. The number of anilines is 2. The molecule has 0 atom stereocenters. The number of nitrogens with zero attached hydrogens (tertiary/aromatic N) is 3. The molecule has 0 saturated carbocycles. The van der Waals surface area contributed by atoms with E-state index >= 15 is 0 Å². The number of rotatable bonds is 6. The highest BCUT2D eigenvalue weighted by Crippen LogP contribution is 2.23. The normalized spacial score (nSPS) is 11.0. The Kier molecular flexibility index (Phi) is 5.38. The lowest BCUT2D eigenvalue weighted by Gasteiger charge is -2.25. The molecular formula is C16H17N3O5S. The van der Waals surface area contributed by atoms with Gasteiger partial charge >= 0.3 is 0 Å². The van der Waals surface area contributed by atoms with E-state index in [4.69, 9.17) is 0 Å². The maximum absolute atomic E-state index is 12.5. The maximum atomic E-state index is 12.5. The van der Waals surface area contributed by atoms with Crippen LogP contribution >= 0.6 is 0 Å². The molecule has 2 aromatic rings. The van der Waals surface area contributed by atoms with Gasteiger partial charge in [0.2, 0.25) is 15.9 Å². The summed E-state index contributed by atoms with van der Waals surface area (Å²) >= 11 is 0. The van der Waals surface area contributed by atoms with Gasteiger partial charge in [-0.15, -0.1) is 0 Å². The highest BCUT2D eigenvalue weighted by molar-refractivity contribution is 7.92. The number of benzene rings is 2. The molecule has 0 saturated heterocycles. The van der Waals surface area contributed by atoms with Crippen molar-refractivity contribution >= 4 is 33.0 Å². The number of likely N-dealkylation sites (N-methyl/N-ethyl adjacent to an activating group) is 1. The first-order chi connectivity index (χ1) is 11.7. The van der Waals surface area contributed by atoms with Gasteiger partial charge in [-0.25, -0.2) is 8.42 Å². The second kappa shape index (κ2) is 7.31. The quantitative estimate of drug-likeness (QED) is 0.577. The lowest BCUT2D eigenvalue weighted by atomic mass is 10.2. The largest absolute Gasteiger partial charge is 0.314 e. The van der Waals surface area contributed by atoms with E-state index in [9.17, 15) is 23.3 Å². The monoisotopic (exact) mass is 363 g/mol. The first-order valence-electron chi connectivity index (χ1n) is 7.24. The molecule has 132 valence electrons. The molecule has 8 nitrogen and oxygen atoms in total. The molecule has 2 aromatic carbocycles. The first-order valence-corrected chi connectivity index (χ1v) is 9.09. The number of amides is 1. The Morgan fingerprint density at radius 2 is 1.68 bits per heavy atom. The van der Waals surface area contributed by atoms with E-state index in [2.05, 4.69) is 0 Å². The molecular weight excluding hydrogens is 346 g/mol. The number of hydrogen-bond donors (Lipinski definition) is 0. The molecule has 0 unspecified atom stereocenters.